The van der Waals surface area contributed by atoms with E-state index in [1.54, 1.807) is 11.3 Å². The number of aryl methyl sites for hydroxylation is 1. The number of aliphatic carboxylic acids is 1. The molecule has 1 N–H and O–H groups in total. The monoisotopic (exact) mass is 444 g/mol. The Hall–Kier alpha value is -1.70. The van der Waals surface area contributed by atoms with Gasteiger partial charge in [-0.15, -0.1) is 11.3 Å². The highest BCUT2D eigenvalue weighted by molar-refractivity contribution is 7.19. The first-order chi connectivity index (χ1) is 15.1. The van der Waals surface area contributed by atoms with Gasteiger partial charge in [0.1, 0.15) is 10.6 Å². The zero-order valence-electron chi connectivity index (χ0n) is 18.3. The number of carboxylic acid groups (broad SMARTS) is 1. The van der Waals surface area contributed by atoms with Gasteiger partial charge < -0.3 is 14.6 Å². The fraction of sp³-hybridized carbons (Fsp3) is 0.667. The van der Waals surface area contributed by atoms with Crippen molar-refractivity contribution in [2.24, 2.45) is 0 Å². The number of morpholine rings is 1. The van der Waals surface area contributed by atoms with Crippen LogP contribution in [0.5, 0.6) is 5.75 Å². The maximum atomic E-state index is 11.4. The highest BCUT2D eigenvalue weighted by Gasteiger charge is 2.40. The number of fused-ring (bicyclic) bond motifs is 3. The van der Waals surface area contributed by atoms with Gasteiger partial charge in [-0.05, 0) is 62.5 Å². The van der Waals surface area contributed by atoms with E-state index in [2.05, 4.69) is 16.8 Å². The SMILES string of the molecule is CC[C@]1(N2CCOCC2)CC[C@H](Oc2ccnc3sc4c(c23)[C@@H](CC(=O)O)CC4)CC1. The largest absolute Gasteiger partial charge is 0.490 e. The summed E-state index contributed by atoms with van der Waals surface area (Å²) < 4.78 is 12.2. The minimum Gasteiger partial charge on any atom is -0.490 e. The molecule has 0 amide bonds. The molecule has 0 bridgehead atoms. The van der Waals surface area contributed by atoms with Crippen molar-refractivity contribution < 1.29 is 19.4 Å². The maximum absolute atomic E-state index is 11.4. The van der Waals surface area contributed by atoms with Crippen LogP contribution in [0.15, 0.2) is 12.3 Å². The molecular formula is C24H32N2O4S. The van der Waals surface area contributed by atoms with Crippen molar-refractivity contribution in [1.29, 1.82) is 0 Å². The highest BCUT2D eigenvalue weighted by Crippen LogP contribution is 2.48. The van der Waals surface area contributed by atoms with E-state index in [9.17, 15) is 9.90 Å². The lowest BCUT2D eigenvalue weighted by atomic mass is 9.77. The third-order valence-electron chi connectivity index (χ3n) is 7.71. The molecule has 0 radical (unpaired) electrons. The van der Waals surface area contributed by atoms with Crippen molar-refractivity contribution in [2.45, 2.75) is 75.9 Å². The van der Waals surface area contributed by atoms with Gasteiger partial charge in [-0.3, -0.25) is 9.69 Å². The first-order valence-electron chi connectivity index (χ1n) is 11.7. The number of pyridine rings is 1. The molecule has 2 fully saturated rings. The molecular weight excluding hydrogens is 412 g/mol. The second kappa shape index (κ2) is 8.68. The molecule has 3 heterocycles. The average Bonchev–Trinajstić information content (AvgIpc) is 3.35. The minimum absolute atomic E-state index is 0.0771. The van der Waals surface area contributed by atoms with E-state index < -0.39 is 5.97 Å². The van der Waals surface area contributed by atoms with Crippen molar-refractivity contribution in [1.82, 2.24) is 9.88 Å². The molecule has 1 saturated carbocycles. The molecule has 2 aromatic heterocycles. The van der Waals surface area contributed by atoms with Crippen molar-refractivity contribution in [2.75, 3.05) is 26.3 Å². The number of aromatic nitrogens is 1. The second-order valence-electron chi connectivity index (χ2n) is 9.26. The third-order valence-corrected chi connectivity index (χ3v) is 8.89. The Kier molecular flexibility index (Phi) is 5.92. The predicted molar refractivity (Wildman–Crippen MR) is 121 cm³/mol. The van der Waals surface area contributed by atoms with Crippen LogP contribution in [0.25, 0.3) is 10.2 Å². The van der Waals surface area contributed by atoms with Crippen LogP contribution in [0.1, 0.15) is 68.2 Å². The molecule has 6 nitrogen and oxygen atoms in total. The zero-order valence-corrected chi connectivity index (χ0v) is 19.1. The van der Waals surface area contributed by atoms with Crippen LogP contribution in [0.4, 0.5) is 0 Å². The Morgan fingerprint density at radius 3 is 2.81 bits per heavy atom. The number of carboxylic acids is 1. The average molecular weight is 445 g/mol. The van der Waals surface area contributed by atoms with E-state index in [1.165, 1.54) is 16.9 Å². The third kappa shape index (κ3) is 3.96. The van der Waals surface area contributed by atoms with Crippen LogP contribution in [0.2, 0.25) is 0 Å². The maximum Gasteiger partial charge on any atom is 0.303 e. The lowest BCUT2D eigenvalue weighted by molar-refractivity contribution is -0.137. The molecule has 1 saturated heterocycles. The summed E-state index contributed by atoms with van der Waals surface area (Å²) in [6, 6.07) is 1.98. The van der Waals surface area contributed by atoms with Gasteiger partial charge in [0.2, 0.25) is 0 Å². The van der Waals surface area contributed by atoms with Crippen LogP contribution >= 0.6 is 11.3 Å². The Morgan fingerprint density at radius 2 is 2.10 bits per heavy atom. The van der Waals surface area contributed by atoms with Crippen molar-refractivity contribution in [3.8, 4) is 5.75 Å². The second-order valence-corrected chi connectivity index (χ2v) is 10.3. The van der Waals surface area contributed by atoms with Crippen LogP contribution in [-0.4, -0.2) is 58.9 Å². The molecule has 168 valence electrons. The fourth-order valence-corrected chi connectivity index (χ4v) is 7.26. The molecule has 31 heavy (non-hydrogen) atoms. The van der Waals surface area contributed by atoms with Gasteiger partial charge in [0, 0.05) is 29.7 Å². The van der Waals surface area contributed by atoms with Gasteiger partial charge in [-0.25, -0.2) is 4.98 Å². The van der Waals surface area contributed by atoms with Crippen LogP contribution in [0.3, 0.4) is 0 Å². The highest BCUT2D eigenvalue weighted by atomic mass is 32.1. The van der Waals surface area contributed by atoms with Gasteiger partial charge in [0.15, 0.2) is 0 Å². The quantitative estimate of drug-likeness (QED) is 0.702. The zero-order chi connectivity index (χ0) is 21.4. The van der Waals surface area contributed by atoms with E-state index in [-0.39, 0.29) is 24.0 Å². The summed E-state index contributed by atoms with van der Waals surface area (Å²) in [5, 5.41) is 10.4. The molecule has 2 aliphatic carbocycles. The van der Waals surface area contributed by atoms with Crippen LogP contribution in [-0.2, 0) is 16.0 Å². The molecule has 3 aliphatic rings. The molecule has 1 atom stereocenters. The van der Waals surface area contributed by atoms with Gasteiger partial charge in [-0.1, -0.05) is 6.92 Å². The number of nitrogens with zero attached hydrogens (tertiary/aromatic N) is 2. The normalized spacial score (nSPS) is 29.2. The summed E-state index contributed by atoms with van der Waals surface area (Å²) >= 11 is 1.71. The Bertz CT molecular complexity index is 944. The lowest BCUT2D eigenvalue weighted by Gasteiger charge is -2.49. The topological polar surface area (TPSA) is 71.9 Å². The van der Waals surface area contributed by atoms with Crippen LogP contribution < -0.4 is 4.74 Å². The molecule has 0 unspecified atom stereocenters. The first-order valence-corrected chi connectivity index (χ1v) is 12.5. The lowest BCUT2D eigenvalue weighted by Crippen LogP contribution is -2.55. The van der Waals surface area contributed by atoms with Gasteiger partial charge in [0.05, 0.1) is 31.1 Å². The predicted octanol–water partition coefficient (Wildman–Crippen LogP) is 4.60. The standard InChI is InChI=1S/C24H32N2O4S/c1-2-24(26-11-13-29-14-12-26)8-5-17(6-9-24)30-18-7-10-25-23-22(18)21-16(15-20(27)28)3-4-19(21)31-23/h7,10,16-17H,2-6,8-9,11-15H2,1H3,(H,27,28)/t16-,17-,24-/m1/s1. The summed E-state index contributed by atoms with van der Waals surface area (Å²) in [5.41, 5.74) is 1.48. The van der Waals surface area contributed by atoms with E-state index in [1.807, 2.05) is 12.3 Å². The first kappa shape index (κ1) is 21.2. The Morgan fingerprint density at radius 1 is 1.32 bits per heavy atom. The molecule has 0 spiro atoms. The van der Waals surface area contributed by atoms with Gasteiger partial charge >= 0.3 is 5.97 Å². The summed E-state index contributed by atoms with van der Waals surface area (Å²) in [6.07, 6.45) is 9.71. The molecule has 7 heteroatoms. The Labute approximate surface area is 187 Å². The summed E-state index contributed by atoms with van der Waals surface area (Å²) in [4.78, 5) is 20.9. The molecule has 1 aliphatic heterocycles. The smallest absolute Gasteiger partial charge is 0.303 e. The van der Waals surface area contributed by atoms with E-state index in [4.69, 9.17) is 9.47 Å². The number of thiophene rings is 1. The fourth-order valence-electron chi connectivity index (χ4n) is 6.00. The molecule has 0 aromatic carbocycles. The Balaban J connectivity index is 1.34. The number of rotatable bonds is 6. The van der Waals surface area contributed by atoms with Gasteiger partial charge in [-0.2, -0.15) is 0 Å². The van der Waals surface area contributed by atoms with Crippen LogP contribution in [0, 0.1) is 0 Å². The van der Waals surface area contributed by atoms with Crippen molar-refractivity contribution in [3.05, 3.63) is 22.7 Å². The van der Waals surface area contributed by atoms with Crippen molar-refractivity contribution >= 4 is 27.5 Å². The molecule has 5 rings (SSSR count). The van der Waals surface area contributed by atoms with Crippen molar-refractivity contribution in [3.63, 3.8) is 0 Å². The number of carbonyl (C=O) groups is 1. The van der Waals surface area contributed by atoms with E-state index in [0.29, 0.717) is 0 Å². The van der Waals surface area contributed by atoms with E-state index in [0.717, 1.165) is 80.8 Å². The summed E-state index contributed by atoms with van der Waals surface area (Å²) in [6.45, 7) is 6.09. The minimum atomic E-state index is -0.727. The summed E-state index contributed by atoms with van der Waals surface area (Å²) in [7, 11) is 0. The number of hydrogen-bond acceptors (Lipinski definition) is 6. The van der Waals surface area contributed by atoms with Gasteiger partial charge in [0.25, 0.3) is 0 Å². The number of hydrogen-bond donors (Lipinski definition) is 1. The van der Waals surface area contributed by atoms with E-state index >= 15 is 0 Å². The molecule has 2 aromatic rings. The summed E-state index contributed by atoms with van der Waals surface area (Å²) in [5.74, 6) is 0.253. The number of ether oxygens (including phenoxy) is 2.